The molecule has 3 aromatic heterocycles. The Morgan fingerprint density at radius 1 is 1.21 bits per heavy atom. The highest BCUT2D eigenvalue weighted by Crippen LogP contribution is 2.23. The second kappa shape index (κ2) is 7.77. The predicted octanol–water partition coefficient (Wildman–Crippen LogP) is 2.54. The fraction of sp³-hybridized carbons (Fsp3) is 0.200. The summed E-state index contributed by atoms with van der Waals surface area (Å²) in [6.45, 7) is 2.41. The van der Waals surface area contributed by atoms with E-state index in [0.29, 0.717) is 17.8 Å². The number of carbonyl (C=O) groups excluding carboxylic acids is 1. The van der Waals surface area contributed by atoms with Gasteiger partial charge in [0.1, 0.15) is 24.1 Å². The van der Waals surface area contributed by atoms with Crippen LogP contribution in [0.2, 0.25) is 0 Å². The van der Waals surface area contributed by atoms with Gasteiger partial charge < -0.3 is 5.32 Å². The van der Waals surface area contributed by atoms with E-state index in [0.717, 1.165) is 15.1 Å². The minimum atomic E-state index is -0.343. The first-order valence-electron chi connectivity index (χ1n) is 8.93. The average Bonchev–Trinajstić information content (AvgIpc) is 3.39. The van der Waals surface area contributed by atoms with Crippen LogP contribution in [-0.2, 0) is 11.3 Å². The van der Waals surface area contributed by atoms with Crippen LogP contribution in [0.3, 0.4) is 0 Å². The molecule has 3 heterocycles. The lowest BCUT2D eigenvalue weighted by molar-refractivity contribution is -0.121. The van der Waals surface area contributed by atoms with Crippen molar-refractivity contribution < 1.29 is 4.79 Å². The van der Waals surface area contributed by atoms with Gasteiger partial charge in [-0.25, -0.2) is 9.20 Å². The molecular weight excluding hydrogens is 374 g/mol. The van der Waals surface area contributed by atoms with Crippen molar-refractivity contribution in [3.63, 3.8) is 0 Å². The summed E-state index contributed by atoms with van der Waals surface area (Å²) in [7, 11) is 0. The minimum absolute atomic E-state index is 0.129. The molecule has 0 aliphatic rings. The summed E-state index contributed by atoms with van der Waals surface area (Å²) in [5.74, 6) is -0.0692. The number of aromatic nitrogens is 4. The third-order valence-corrected chi connectivity index (χ3v) is 5.42. The average molecular weight is 393 g/mol. The maximum Gasteiger partial charge on any atom is 0.293 e. The number of benzene rings is 1. The number of rotatable bonds is 6. The summed E-state index contributed by atoms with van der Waals surface area (Å²) < 4.78 is 2.61. The van der Waals surface area contributed by atoms with E-state index in [9.17, 15) is 9.59 Å². The first kappa shape index (κ1) is 18.1. The number of hydrogen-bond donors (Lipinski definition) is 1. The Hall–Kier alpha value is -3.26. The molecule has 1 unspecified atom stereocenters. The summed E-state index contributed by atoms with van der Waals surface area (Å²) >= 11 is 1.55. The molecule has 0 spiro atoms. The van der Waals surface area contributed by atoms with Gasteiger partial charge in [-0.05, 0) is 29.0 Å². The number of nitrogens with one attached hydrogen (secondary N) is 1. The molecule has 8 heteroatoms. The first-order valence-corrected chi connectivity index (χ1v) is 9.81. The van der Waals surface area contributed by atoms with E-state index < -0.39 is 0 Å². The van der Waals surface area contributed by atoms with Crippen molar-refractivity contribution in [2.75, 3.05) is 6.54 Å². The molecule has 4 rings (SSSR count). The number of amides is 1. The number of hydrogen-bond acceptors (Lipinski definition) is 5. The van der Waals surface area contributed by atoms with Crippen LogP contribution in [0.25, 0.3) is 16.1 Å². The van der Waals surface area contributed by atoms with Crippen molar-refractivity contribution in [3.8, 4) is 10.6 Å². The molecule has 0 aliphatic heterocycles. The van der Waals surface area contributed by atoms with Crippen LogP contribution in [0.1, 0.15) is 18.4 Å². The lowest BCUT2D eigenvalue weighted by Gasteiger charge is -2.13. The normalized spacial score (nSPS) is 12.2. The monoisotopic (exact) mass is 393 g/mol. The van der Waals surface area contributed by atoms with Gasteiger partial charge in [0.15, 0.2) is 0 Å². The Kier molecular flexibility index (Phi) is 5.03. The Morgan fingerprint density at radius 2 is 2.04 bits per heavy atom. The summed E-state index contributed by atoms with van der Waals surface area (Å²) in [4.78, 5) is 25.9. The Labute approximate surface area is 165 Å². The van der Waals surface area contributed by atoms with Crippen molar-refractivity contribution in [2.45, 2.75) is 19.4 Å². The molecule has 142 valence electrons. The van der Waals surface area contributed by atoms with Crippen molar-refractivity contribution in [3.05, 3.63) is 76.2 Å². The second-order valence-corrected chi connectivity index (χ2v) is 7.49. The number of thiophene rings is 1. The van der Waals surface area contributed by atoms with Crippen molar-refractivity contribution in [1.29, 1.82) is 0 Å². The molecule has 1 amide bonds. The van der Waals surface area contributed by atoms with Crippen LogP contribution >= 0.6 is 11.3 Å². The number of nitrogens with zero attached hydrogens (tertiary/aromatic N) is 4. The van der Waals surface area contributed by atoms with Crippen LogP contribution in [0.5, 0.6) is 0 Å². The molecule has 0 saturated carbocycles. The highest BCUT2D eigenvalue weighted by Gasteiger charge is 2.13. The van der Waals surface area contributed by atoms with Gasteiger partial charge in [-0.15, -0.1) is 11.3 Å². The highest BCUT2D eigenvalue weighted by atomic mass is 32.1. The minimum Gasteiger partial charge on any atom is -0.354 e. The molecule has 0 bridgehead atoms. The molecule has 4 aromatic rings. The van der Waals surface area contributed by atoms with E-state index in [2.05, 4.69) is 15.5 Å². The molecule has 1 aromatic carbocycles. The SMILES string of the molecule is CC(CNC(=O)Cn1ncn2nc(-c3cccs3)cc2c1=O)c1ccccc1. The van der Waals surface area contributed by atoms with E-state index in [4.69, 9.17) is 0 Å². The number of carbonyl (C=O) groups is 1. The van der Waals surface area contributed by atoms with Gasteiger partial charge >= 0.3 is 0 Å². The quantitative estimate of drug-likeness (QED) is 0.546. The van der Waals surface area contributed by atoms with Crippen LogP contribution in [0.15, 0.2) is 65.0 Å². The molecule has 7 nitrogen and oxygen atoms in total. The van der Waals surface area contributed by atoms with Gasteiger partial charge in [0.25, 0.3) is 5.56 Å². The van der Waals surface area contributed by atoms with E-state index in [1.165, 1.54) is 10.8 Å². The van der Waals surface area contributed by atoms with Crippen LogP contribution in [-0.4, -0.2) is 31.8 Å². The van der Waals surface area contributed by atoms with E-state index >= 15 is 0 Å². The molecular formula is C20H19N5O2S. The van der Waals surface area contributed by atoms with Gasteiger partial charge in [0, 0.05) is 6.54 Å². The van der Waals surface area contributed by atoms with Crippen LogP contribution in [0, 0.1) is 0 Å². The molecule has 0 fully saturated rings. The Balaban J connectivity index is 1.46. The lowest BCUT2D eigenvalue weighted by Crippen LogP contribution is -2.35. The summed E-state index contributed by atoms with van der Waals surface area (Å²) in [6.07, 6.45) is 1.45. The van der Waals surface area contributed by atoms with Gasteiger partial charge in [-0.1, -0.05) is 43.3 Å². The van der Waals surface area contributed by atoms with E-state index in [1.54, 1.807) is 17.4 Å². The zero-order valence-corrected chi connectivity index (χ0v) is 16.1. The van der Waals surface area contributed by atoms with Gasteiger partial charge in [0.2, 0.25) is 5.91 Å². The van der Waals surface area contributed by atoms with Gasteiger partial charge in [0.05, 0.1) is 4.88 Å². The largest absolute Gasteiger partial charge is 0.354 e. The third-order valence-electron chi connectivity index (χ3n) is 4.53. The maximum absolute atomic E-state index is 12.7. The van der Waals surface area contributed by atoms with E-state index in [1.807, 2.05) is 54.8 Å². The summed E-state index contributed by atoms with van der Waals surface area (Å²) in [5, 5.41) is 13.3. The molecule has 0 saturated heterocycles. The second-order valence-electron chi connectivity index (χ2n) is 6.55. The van der Waals surface area contributed by atoms with Crippen molar-refractivity contribution in [2.24, 2.45) is 0 Å². The highest BCUT2D eigenvalue weighted by molar-refractivity contribution is 7.13. The first-order chi connectivity index (χ1) is 13.6. The van der Waals surface area contributed by atoms with E-state index in [-0.39, 0.29) is 23.9 Å². The lowest BCUT2D eigenvalue weighted by atomic mass is 10.0. The fourth-order valence-electron chi connectivity index (χ4n) is 2.95. The van der Waals surface area contributed by atoms with Crippen LogP contribution in [0.4, 0.5) is 0 Å². The predicted molar refractivity (Wildman–Crippen MR) is 108 cm³/mol. The Morgan fingerprint density at radius 3 is 2.79 bits per heavy atom. The standard InChI is InChI=1S/C20H19N5O2S/c1-14(15-6-3-2-4-7-15)11-21-19(26)12-24-20(27)17-10-16(18-8-5-9-28-18)23-25(17)13-22-24/h2-10,13-14H,11-12H2,1H3,(H,21,26). The summed E-state index contributed by atoms with van der Waals surface area (Å²) in [5.41, 5.74) is 1.92. The fourth-order valence-corrected chi connectivity index (χ4v) is 3.64. The number of fused-ring (bicyclic) bond motifs is 1. The third kappa shape index (κ3) is 3.72. The van der Waals surface area contributed by atoms with Crippen molar-refractivity contribution >= 4 is 22.8 Å². The maximum atomic E-state index is 12.7. The molecule has 28 heavy (non-hydrogen) atoms. The summed E-state index contributed by atoms with van der Waals surface area (Å²) in [6, 6.07) is 15.6. The van der Waals surface area contributed by atoms with Crippen molar-refractivity contribution in [1.82, 2.24) is 24.7 Å². The topological polar surface area (TPSA) is 81.3 Å². The molecule has 1 N–H and O–H groups in total. The molecule has 0 aliphatic carbocycles. The molecule has 0 radical (unpaired) electrons. The van der Waals surface area contributed by atoms with Gasteiger partial charge in [-0.3, -0.25) is 9.59 Å². The molecule has 1 atom stereocenters. The smallest absolute Gasteiger partial charge is 0.293 e. The van der Waals surface area contributed by atoms with Gasteiger partial charge in [-0.2, -0.15) is 10.2 Å². The van der Waals surface area contributed by atoms with Crippen LogP contribution < -0.4 is 10.9 Å². The zero-order valence-electron chi connectivity index (χ0n) is 15.3. The zero-order chi connectivity index (χ0) is 19.5. The Bertz CT molecular complexity index is 1150.